The van der Waals surface area contributed by atoms with Crippen molar-refractivity contribution in [2.75, 3.05) is 5.32 Å². The van der Waals surface area contributed by atoms with Crippen LogP contribution in [0.2, 0.25) is 0 Å². The fraction of sp³-hybridized carbons (Fsp3) is 0.429. The zero-order chi connectivity index (χ0) is 22.3. The van der Waals surface area contributed by atoms with Gasteiger partial charge in [-0.15, -0.1) is 0 Å². The summed E-state index contributed by atoms with van der Waals surface area (Å²) in [6.45, 7) is 4.50. The SMILES string of the molecule is CC(C)CCn1nc(C2=CCCC2)c(O)c(C2Nc3ccc(I)cc3S(=O)(=O)N2)c1=O. The highest BCUT2D eigenvalue weighted by Gasteiger charge is 2.35. The molecule has 10 heteroatoms. The summed E-state index contributed by atoms with van der Waals surface area (Å²) in [4.78, 5) is 13.4. The van der Waals surface area contributed by atoms with Gasteiger partial charge >= 0.3 is 0 Å². The Morgan fingerprint density at radius 3 is 2.81 bits per heavy atom. The summed E-state index contributed by atoms with van der Waals surface area (Å²) in [6, 6.07) is 5.01. The van der Waals surface area contributed by atoms with E-state index in [1.165, 1.54) is 4.68 Å². The zero-order valence-electron chi connectivity index (χ0n) is 17.4. The van der Waals surface area contributed by atoms with Crippen LogP contribution in [0.25, 0.3) is 5.57 Å². The van der Waals surface area contributed by atoms with Gasteiger partial charge in [0.15, 0.2) is 5.75 Å². The highest BCUT2D eigenvalue weighted by molar-refractivity contribution is 14.1. The summed E-state index contributed by atoms with van der Waals surface area (Å²) in [5, 5.41) is 18.6. The lowest BCUT2D eigenvalue weighted by Gasteiger charge is -2.29. The fourth-order valence-corrected chi connectivity index (χ4v) is 5.86. The van der Waals surface area contributed by atoms with E-state index in [4.69, 9.17) is 0 Å². The Kier molecular flexibility index (Phi) is 6.14. The van der Waals surface area contributed by atoms with Gasteiger partial charge in [-0.2, -0.15) is 9.82 Å². The van der Waals surface area contributed by atoms with Gasteiger partial charge in [-0.05, 0) is 78.0 Å². The number of aryl methyl sites for hydroxylation is 1. The van der Waals surface area contributed by atoms with E-state index >= 15 is 0 Å². The van der Waals surface area contributed by atoms with Crippen molar-refractivity contribution in [3.8, 4) is 5.75 Å². The third-order valence-corrected chi connectivity index (χ3v) is 7.66. The number of halogens is 1. The molecule has 1 aliphatic heterocycles. The molecule has 166 valence electrons. The fourth-order valence-electron chi connectivity index (χ4n) is 3.85. The van der Waals surface area contributed by atoms with Crippen LogP contribution >= 0.6 is 22.6 Å². The van der Waals surface area contributed by atoms with Gasteiger partial charge in [-0.25, -0.2) is 13.1 Å². The summed E-state index contributed by atoms with van der Waals surface area (Å²) < 4.78 is 30.5. The van der Waals surface area contributed by atoms with E-state index < -0.39 is 21.7 Å². The third kappa shape index (κ3) is 4.37. The molecule has 1 aromatic carbocycles. The minimum atomic E-state index is -3.88. The maximum Gasteiger partial charge on any atom is 0.277 e. The number of anilines is 1. The molecular weight excluding hydrogens is 531 g/mol. The number of rotatable bonds is 5. The monoisotopic (exact) mass is 556 g/mol. The predicted octanol–water partition coefficient (Wildman–Crippen LogP) is 3.57. The number of aromatic nitrogens is 2. The highest BCUT2D eigenvalue weighted by Crippen LogP contribution is 2.37. The summed E-state index contributed by atoms with van der Waals surface area (Å²) in [5.41, 5.74) is 1.08. The maximum atomic E-state index is 13.3. The second-order valence-corrected chi connectivity index (χ2v) is 11.2. The Morgan fingerprint density at radius 2 is 2.13 bits per heavy atom. The van der Waals surface area contributed by atoms with Crippen LogP contribution in [0.1, 0.15) is 57.0 Å². The second-order valence-electron chi connectivity index (χ2n) is 8.28. The number of hydrogen-bond acceptors (Lipinski definition) is 6. The lowest BCUT2D eigenvalue weighted by molar-refractivity contribution is 0.423. The molecule has 1 unspecified atom stereocenters. The summed E-state index contributed by atoms with van der Waals surface area (Å²) in [5.74, 6) is 0.0915. The van der Waals surface area contributed by atoms with Crippen molar-refractivity contribution in [2.24, 2.45) is 5.92 Å². The van der Waals surface area contributed by atoms with Crippen molar-refractivity contribution in [3.05, 3.63) is 49.5 Å². The first-order valence-corrected chi connectivity index (χ1v) is 12.9. The standard InChI is InChI=1S/C21H25IN4O4S/c1-12(2)9-10-26-21(28)17(19(27)18(24-26)13-5-3-4-6-13)20-23-15-8-7-14(22)11-16(15)31(29,30)25-20/h5,7-8,11-12,20,23,25,27H,3-4,6,9-10H2,1-2H3. The van der Waals surface area contributed by atoms with Gasteiger partial charge < -0.3 is 10.4 Å². The zero-order valence-corrected chi connectivity index (χ0v) is 20.3. The lowest BCUT2D eigenvalue weighted by atomic mass is 10.1. The van der Waals surface area contributed by atoms with E-state index in [9.17, 15) is 18.3 Å². The molecule has 2 aromatic rings. The van der Waals surface area contributed by atoms with E-state index in [1.807, 2.05) is 28.7 Å². The van der Waals surface area contributed by atoms with E-state index in [1.54, 1.807) is 18.2 Å². The molecule has 8 nitrogen and oxygen atoms in total. The molecule has 2 heterocycles. The first kappa shape index (κ1) is 22.3. The van der Waals surface area contributed by atoms with Crippen LogP contribution in [-0.4, -0.2) is 23.3 Å². The van der Waals surface area contributed by atoms with E-state index in [2.05, 4.69) is 29.0 Å². The molecule has 0 saturated carbocycles. The number of aromatic hydroxyl groups is 1. The molecule has 1 atom stereocenters. The van der Waals surface area contributed by atoms with Crippen molar-refractivity contribution in [2.45, 2.75) is 57.1 Å². The van der Waals surface area contributed by atoms with Crippen LogP contribution in [0.5, 0.6) is 5.75 Å². The lowest BCUT2D eigenvalue weighted by Crippen LogP contribution is -2.42. The molecule has 4 rings (SSSR count). The van der Waals surface area contributed by atoms with Gasteiger partial charge in [0.25, 0.3) is 5.56 Å². The van der Waals surface area contributed by atoms with Crippen LogP contribution in [0.3, 0.4) is 0 Å². The quantitative estimate of drug-likeness (QED) is 0.486. The van der Waals surface area contributed by atoms with Crippen molar-refractivity contribution in [1.29, 1.82) is 0 Å². The van der Waals surface area contributed by atoms with Gasteiger partial charge in [0.2, 0.25) is 10.0 Å². The van der Waals surface area contributed by atoms with Crippen LogP contribution in [0.15, 0.2) is 34.0 Å². The van der Waals surface area contributed by atoms with Gasteiger partial charge in [0.05, 0.1) is 5.69 Å². The van der Waals surface area contributed by atoms with Crippen molar-refractivity contribution in [1.82, 2.24) is 14.5 Å². The first-order valence-electron chi connectivity index (χ1n) is 10.3. The predicted molar refractivity (Wildman–Crippen MR) is 127 cm³/mol. The Labute approximate surface area is 194 Å². The molecule has 0 radical (unpaired) electrons. The number of hydrogen-bond donors (Lipinski definition) is 3. The molecule has 0 amide bonds. The Morgan fingerprint density at radius 1 is 1.35 bits per heavy atom. The molecule has 0 saturated heterocycles. The van der Waals surface area contributed by atoms with E-state index in [-0.39, 0.29) is 16.2 Å². The van der Waals surface area contributed by atoms with Crippen molar-refractivity contribution >= 4 is 43.9 Å². The normalized spacial score (nSPS) is 19.7. The highest BCUT2D eigenvalue weighted by atomic mass is 127. The first-order chi connectivity index (χ1) is 14.7. The summed E-state index contributed by atoms with van der Waals surface area (Å²) in [6.07, 6.45) is 4.25. The van der Waals surface area contributed by atoms with Gasteiger partial charge in [0.1, 0.15) is 22.3 Å². The molecule has 0 bridgehead atoms. The molecule has 0 spiro atoms. The van der Waals surface area contributed by atoms with Crippen molar-refractivity contribution < 1.29 is 13.5 Å². The third-order valence-electron chi connectivity index (χ3n) is 5.52. The Bertz CT molecular complexity index is 1220. The molecule has 3 N–H and O–H groups in total. The summed E-state index contributed by atoms with van der Waals surface area (Å²) in [7, 11) is -3.88. The Hall–Kier alpha value is -1.92. The number of fused-ring (bicyclic) bond motifs is 1. The Balaban J connectivity index is 1.85. The smallest absolute Gasteiger partial charge is 0.277 e. The van der Waals surface area contributed by atoms with Gasteiger partial charge in [0, 0.05) is 10.1 Å². The second kappa shape index (κ2) is 8.55. The molecule has 1 aliphatic carbocycles. The van der Waals surface area contributed by atoms with Gasteiger partial charge in [-0.3, -0.25) is 4.79 Å². The van der Waals surface area contributed by atoms with E-state index in [0.29, 0.717) is 23.8 Å². The molecule has 1 aromatic heterocycles. The largest absolute Gasteiger partial charge is 0.505 e. The number of benzene rings is 1. The minimum Gasteiger partial charge on any atom is -0.505 e. The minimum absolute atomic E-state index is 0.0330. The van der Waals surface area contributed by atoms with Crippen LogP contribution in [-0.2, 0) is 16.6 Å². The average molecular weight is 556 g/mol. The van der Waals surface area contributed by atoms with E-state index in [0.717, 1.165) is 34.8 Å². The van der Waals surface area contributed by atoms with Crippen LogP contribution < -0.4 is 15.6 Å². The maximum absolute atomic E-state index is 13.3. The van der Waals surface area contributed by atoms with Crippen LogP contribution in [0.4, 0.5) is 5.69 Å². The number of nitrogens with one attached hydrogen (secondary N) is 2. The molecule has 2 aliphatic rings. The van der Waals surface area contributed by atoms with Crippen molar-refractivity contribution in [3.63, 3.8) is 0 Å². The molecular formula is C21H25IN4O4S. The molecule has 0 fully saturated rings. The summed E-state index contributed by atoms with van der Waals surface area (Å²) >= 11 is 2.05. The average Bonchev–Trinajstić information content (AvgIpc) is 3.22. The molecule has 31 heavy (non-hydrogen) atoms. The number of allylic oxidation sites excluding steroid dienone is 2. The number of nitrogens with zero attached hydrogens (tertiary/aromatic N) is 2. The topological polar surface area (TPSA) is 113 Å². The van der Waals surface area contributed by atoms with Gasteiger partial charge in [-0.1, -0.05) is 19.9 Å². The van der Waals surface area contributed by atoms with Crippen LogP contribution in [0, 0.1) is 9.49 Å². The number of sulfonamides is 1.